The van der Waals surface area contributed by atoms with Gasteiger partial charge in [0, 0.05) is 92.4 Å². The van der Waals surface area contributed by atoms with Gasteiger partial charge in [-0.25, -0.2) is 0 Å². The predicted molar refractivity (Wildman–Crippen MR) is 419 cm³/mol. The first-order valence-corrected chi connectivity index (χ1v) is 34.7. The van der Waals surface area contributed by atoms with E-state index in [0.717, 1.165) is 150 Å². The summed E-state index contributed by atoms with van der Waals surface area (Å²) < 4.78 is 7.26. The fraction of sp³-hybridized carbons (Fsp3) is 0. The Morgan fingerprint density at radius 1 is 0.290 bits per heavy atom. The smallest absolute Gasteiger partial charge is 0.254 e. The fourth-order valence-corrected chi connectivity index (χ4v) is 17.8. The summed E-state index contributed by atoms with van der Waals surface area (Å²) in [6.45, 7) is -0.355. The molecule has 0 saturated carbocycles. The lowest BCUT2D eigenvalue weighted by molar-refractivity contribution is 1.17. The van der Waals surface area contributed by atoms with Gasteiger partial charge in [0.25, 0.3) is 6.71 Å². The molecule has 0 fully saturated rings. The van der Waals surface area contributed by atoms with Gasteiger partial charge in [-0.05, 0) is 135 Å². The van der Waals surface area contributed by atoms with Crippen molar-refractivity contribution < 1.29 is 0 Å². The molecule has 3 aromatic heterocycles. The van der Waals surface area contributed by atoms with Crippen LogP contribution in [0.4, 0.5) is 34.1 Å². The number of fused-ring (bicyclic) bond motifs is 14. The summed E-state index contributed by atoms with van der Waals surface area (Å²) in [6, 6.07) is 127. The molecule has 100 heavy (non-hydrogen) atoms. The van der Waals surface area contributed by atoms with E-state index in [2.05, 4.69) is 347 Å². The van der Waals surface area contributed by atoms with E-state index in [1.165, 1.54) is 31.1 Å². The molecule has 0 amide bonds. The quantitative estimate of drug-likeness (QED) is 0.135. The summed E-state index contributed by atoms with van der Waals surface area (Å²) in [4.78, 5) is 5.31. The van der Waals surface area contributed by atoms with Crippen molar-refractivity contribution >= 4 is 132 Å². The molecule has 2 aliphatic rings. The highest BCUT2D eigenvalue weighted by Gasteiger charge is 2.47. The van der Waals surface area contributed by atoms with Crippen molar-refractivity contribution in [3.05, 3.63) is 345 Å². The summed E-state index contributed by atoms with van der Waals surface area (Å²) in [5.41, 5.74) is 28.3. The number of hydrogen-bond donors (Lipinski definition) is 0. The molecule has 0 N–H and O–H groups in total. The average molecular weight is 1290 g/mol. The van der Waals surface area contributed by atoms with Gasteiger partial charge >= 0.3 is 0 Å². The molecule has 8 heteroatoms. The Labute approximate surface area is 581 Å². The lowest BCUT2D eigenvalue weighted by atomic mass is 9.33. The third-order valence-corrected chi connectivity index (χ3v) is 21.9. The molecule has 15 aromatic carbocycles. The van der Waals surface area contributed by atoms with Gasteiger partial charge < -0.3 is 18.9 Å². The Bertz CT molecular complexity index is 6370. The number of thiophene rings is 1. The lowest BCUT2D eigenvalue weighted by Gasteiger charge is -2.46. The van der Waals surface area contributed by atoms with Crippen LogP contribution in [0, 0.1) is 22.7 Å². The van der Waals surface area contributed by atoms with Crippen LogP contribution in [0.2, 0.25) is 0 Å². The highest BCUT2D eigenvalue weighted by atomic mass is 32.1. The highest BCUT2D eigenvalue weighted by molar-refractivity contribution is 7.28. The molecule has 2 aliphatic heterocycles. The van der Waals surface area contributed by atoms with Crippen LogP contribution in [-0.4, -0.2) is 15.8 Å². The Morgan fingerprint density at radius 3 is 1.22 bits per heavy atom. The van der Waals surface area contributed by atoms with Crippen LogP contribution in [0.5, 0.6) is 0 Å². The lowest BCUT2D eigenvalue weighted by Crippen LogP contribution is -2.61. The number of benzene rings is 15. The van der Waals surface area contributed by atoms with Gasteiger partial charge in [-0.15, -0.1) is 11.3 Å². The Balaban J connectivity index is 1.01. The van der Waals surface area contributed by atoms with Gasteiger partial charge in [-0.2, -0.15) is 10.5 Å². The maximum absolute atomic E-state index is 10.5. The van der Waals surface area contributed by atoms with Crippen molar-refractivity contribution in [2.24, 2.45) is 0 Å². The summed E-state index contributed by atoms with van der Waals surface area (Å²) in [5, 5.41) is 27.5. The number of rotatable bonds is 9. The van der Waals surface area contributed by atoms with Crippen molar-refractivity contribution in [1.29, 1.82) is 10.5 Å². The van der Waals surface area contributed by atoms with E-state index in [4.69, 9.17) is 0 Å². The number of anilines is 6. The molecule has 0 unspecified atom stereocenters. The van der Waals surface area contributed by atoms with Gasteiger partial charge in [0.05, 0.1) is 62.4 Å². The number of aromatic nitrogens is 2. The molecular formula is C92H55BN6S. The van der Waals surface area contributed by atoms with E-state index in [1.54, 1.807) is 0 Å². The van der Waals surface area contributed by atoms with E-state index in [0.29, 0.717) is 11.1 Å². The molecule has 462 valence electrons. The molecule has 18 aromatic rings. The van der Waals surface area contributed by atoms with Gasteiger partial charge in [0.2, 0.25) is 0 Å². The van der Waals surface area contributed by atoms with Gasteiger partial charge in [-0.1, -0.05) is 249 Å². The van der Waals surface area contributed by atoms with E-state index < -0.39 is 0 Å². The summed E-state index contributed by atoms with van der Waals surface area (Å²) in [5.74, 6) is 0. The standard InChI is InChI=1S/C92H55BN6S/c94-56-58-44-48-79-74(50-58)71-34-16-19-41-77(71)96(79)66-46-47-76-81(54-66)98(90-67(61-26-8-2-9-27-61)37-22-38-68(90)62-28-10-3-11-29-62)83-52-65(60-24-6-1-7-25-60)53-84-88(83)93(76)89-85(99(84)91-69(63-30-12-4-13-31-63)39-23-40-70(91)64-32-14-5-15-33-64)55-82(87-73-36-18-21-43-86(73)100-92(87)89)97-78-42-20-17-35-72(78)75-51-59(57-95)45-49-80(75)97/h1-55H. The first kappa shape index (κ1) is 57.1. The van der Waals surface area contributed by atoms with E-state index >= 15 is 0 Å². The topological polar surface area (TPSA) is 63.9 Å². The average Bonchev–Trinajstić information content (AvgIpc) is 0.990. The largest absolute Gasteiger partial charge is 0.310 e. The number of nitrogens with zero attached hydrogens (tertiary/aromatic N) is 6. The molecule has 0 spiro atoms. The van der Waals surface area contributed by atoms with Crippen molar-refractivity contribution in [2.75, 3.05) is 9.80 Å². The van der Waals surface area contributed by atoms with Crippen molar-refractivity contribution in [1.82, 2.24) is 9.13 Å². The van der Waals surface area contributed by atoms with Crippen molar-refractivity contribution in [2.45, 2.75) is 0 Å². The Morgan fingerprint density at radius 2 is 0.710 bits per heavy atom. The minimum atomic E-state index is -0.355. The molecule has 20 rings (SSSR count). The van der Waals surface area contributed by atoms with E-state index in [9.17, 15) is 10.5 Å². The third-order valence-electron chi connectivity index (χ3n) is 20.7. The van der Waals surface area contributed by atoms with Crippen molar-refractivity contribution in [3.63, 3.8) is 0 Å². The summed E-state index contributed by atoms with van der Waals surface area (Å²) in [7, 11) is 0. The van der Waals surface area contributed by atoms with E-state index in [1.807, 2.05) is 29.5 Å². The maximum atomic E-state index is 10.5. The maximum Gasteiger partial charge on any atom is 0.254 e. The summed E-state index contributed by atoms with van der Waals surface area (Å²) >= 11 is 1.88. The zero-order valence-electron chi connectivity index (χ0n) is 53.9. The first-order valence-electron chi connectivity index (χ1n) is 33.9. The minimum Gasteiger partial charge on any atom is -0.310 e. The second kappa shape index (κ2) is 22.7. The van der Waals surface area contributed by atoms with Crippen LogP contribution in [-0.2, 0) is 0 Å². The predicted octanol–water partition coefficient (Wildman–Crippen LogP) is 22.4. The highest BCUT2D eigenvalue weighted by Crippen LogP contribution is 2.56. The minimum absolute atomic E-state index is 0.355. The SMILES string of the molecule is N#Cc1ccc2c(c1)c1ccccc1n2-c1ccc2c(c1)N(c1c(-c3ccccc3)cccc1-c1ccccc1)c1cc(-c3ccccc3)cc3c1B2c1c(cc(-n2c4ccccc4c4cc(C#N)ccc42)c2c1sc1ccccc12)N3c1c(-c2ccccc2)cccc1-c1ccccc1. The molecule has 0 aliphatic carbocycles. The van der Waals surface area contributed by atoms with Gasteiger partial charge in [-0.3, -0.25) is 0 Å². The number of hydrogen-bond acceptors (Lipinski definition) is 5. The number of nitriles is 2. The normalized spacial score (nSPS) is 12.3. The van der Waals surface area contributed by atoms with Gasteiger partial charge in [0.15, 0.2) is 0 Å². The molecule has 0 saturated heterocycles. The number of para-hydroxylation sites is 4. The van der Waals surface area contributed by atoms with Crippen LogP contribution in [0.15, 0.2) is 334 Å². The van der Waals surface area contributed by atoms with Crippen LogP contribution >= 0.6 is 11.3 Å². The molecular weight excluding hydrogens is 1230 g/mol. The second-order valence-electron chi connectivity index (χ2n) is 26.0. The third kappa shape index (κ3) is 8.61. The summed E-state index contributed by atoms with van der Waals surface area (Å²) in [6.07, 6.45) is 0. The first-order chi connectivity index (χ1) is 49.6. The van der Waals surface area contributed by atoms with Crippen LogP contribution in [0.25, 0.3) is 131 Å². The van der Waals surface area contributed by atoms with Gasteiger partial charge in [0.1, 0.15) is 0 Å². The molecule has 0 bridgehead atoms. The molecule has 5 heterocycles. The molecule has 6 nitrogen and oxygen atoms in total. The van der Waals surface area contributed by atoms with Crippen molar-refractivity contribution in [3.8, 4) is 79.1 Å². The zero-order chi connectivity index (χ0) is 66.1. The molecule has 0 atom stereocenters. The van der Waals surface area contributed by atoms with Crippen LogP contribution in [0.1, 0.15) is 11.1 Å². The Hall–Kier alpha value is -13.2. The molecule has 0 radical (unpaired) electrons. The fourth-order valence-electron chi connectivity index (χ4n) is 16.5. The Kier molecular flexibility index (Phi) is 13.0. The van der Waals surface area contributed by atoms with Crippen LogP contribution in [0.3, 0.4) is 0 Å². The monoisotopic (exact) mass is 1290 g/mol. The van der Waals surface area contributed by atoms with E-state index in [-0.39, 0.29) is 6.71 Å². The van der Waals surface area contributed by atoms with Crippen LogP contribution < -0.4 is 26.2 Å². The second-order valence-corrected chi connectivity index (χ2v) is 27.1. The zero-order valence-corrected chi connectivity index (χ0v) is 54.7.